The standard InChI is InChI=1S/C21H19N/c1-17(22)21(18-11-5-2-6-12-18,19-13-7-3-8-14-19)20-15-9-4-10-16-20/h2-16,22H,1H3. The lowest BCUT2D eigenvalue weighted by Crippen LogP contribution is -2.36. The van der Waals surface area contributed by atoms with Crippen molar-refractivity contribution in [2.75, 3.05) is 0 Å². The third-order valence-electron chi connectivity index (χ3n) is 4.18. The molecule has 1 nitrogen and oxygen atoms in total. The van der Waals surface area contributed by atoms with Crippen molar-refractivity contribution in [2.45, 2.75) is 12.3 Å². The summed E-state index contributed by atoms with van der Waals surface area (Å²) in [7, 11) is 0. The van der Waals surface area contributed by atoms with E-state index < -0.39 is 5.41 Å². The highest BCUT2D eigenvalue weighted by Gasteiger charge is 2.38. The second kappa shape index (κ2) is 5.98. The zero-order valence-electron chi connectivity index (χ0n) is 12.7. The van der Waals surface area contributed by atoms with Crippen LogP contribution in [0.4, 0.5) is 0 Å². The summed E-state index contributed by atoms with van der Waals surface area (Å²) >= 11 is 0. The molecule has 0 aliphatic rings. The van der Waals surface area contributed by atoms with E-state index in [9.17, 15) is 0 Å². The fourth-order valence-electron chi connectivity index (χ4n) is 3.21. The molecule has 0 atom stereocenters. The van der Waals surface area contributed by atoms with Gasteiger partial charge in [0, 0.05) is 5.71 Å². The van der Waals surface area contributed by atoms with E-state index in [2.05, 4.69) is 36.4 Å². The van der Waals surface area contributed by atoms with Crippen LogP contribution >= 0.6 is 0 Å². The maximum absolute atomic E-state index is 8.61. The van der Waals surface area contributed by atoms with Crippen LogP contribution in [-0.2, 0) is 5.41 Å². The van der Waals surface area contributed by atoms with Crippen molar-refractivity contribution in [1.29, 1.82) is 5.41 Å². The minimum atomic E-state index is -0.538. The Morgan fingerprint density at radius 1 is 0.591 bits per heavy atom. The van der Waals surface area contributed by atoms with Gasteiger partial charge in [0.25, 0.3) is 0 Å². The van der Waals surface area contributed by atoms with E-state index in [1.807, 2.05) is 61.5 Å². The monoisotopic (exact) mass is 285 g/mol. The maximum Gasteiger partial charge on any atom is 0.0824 e. The molecule has 22 heavy (non-hydrogen) atoms. The highest BCUT2D eigenvalue weighted by molar-refractivity contribution is 5.98. The normalized spacial score (nSPS) is 11.1. The first kappa shape index (κ1) is 14.3. The zero-order chi connectivity index (χ0) is 15.4. The van der Waals surface area contributed by atoms with Gasteiger partial charge in [0.1, 0.15) is 0 Å². The summed E-state index contributed by atoms with van der Waals surface area (Å²) in [6, 6.07) is 31.0. The van der Waals surface area contributed by atoms with Gasteiger partial charge in [-0.25, -0.2) is 0 Å². The first-order valence-electron chi connectivity index (χ1n) is 7.48. The summed E-state index contributed by atoms with van der Waals surface area (Å²) in [6.45, 7) is 1.90. The van der Waals surface area contributed by atoms with Crippen LogP contribution in [-0.4, -0.2) is 5.71 Å². The molecule has 0 amide bonds. The van der Waals surface area contributed by atoms with Crippen molar-refractivity contribution in [2.24, 2.45) is 0 Å². The van der Waals surface area contributed by atoms with Gasteiger partial charge in [0.05, 0.1) is 5.41 Å². The third kappa shape index (κ3) is 2.25. The average Bonchev–Trinajstić information content (AvgIpc) is 2.58. The molecule has 3 rings (SSSR count). The fourth-order valence-corrected chi connectivity index (χ4v) is 3.21. The minimum absolute atomic E-state index is 0.538. The molecule has 3 aromatic rings. The molecule has 0 fully saturated rings. The molecule has 0 bridgehead atoms. The van der Waals surface area contributed by atoms with Gasteiger partial charge in [-0.15, -0.1) is 0 Å². The number of benzene rings is 3. The van der Waals surface area contributed by atoms with E-state index in [0.29, 0.717) is 5.71 Å². The Bertz CT molecular complexity index is 649. The molecular weight excluding hydrogens is 266 g/mol. The smallest absolute Gasteiger partial charge is 0.0824 e. The Morgan fingerprint density at radius 2 is 0.864 bits per heavy atom. The van der Waals surface area contributed by atoms with Gasteiger partial charge in [0.2, 0.25) is 0 Å². The molecular formula is C21H19N. The van der Waals surface area contributed by atoms with Gasteiger partial charge >= 0.3 is 0 Å². The van der Waals surface area contributed by atoms with E-state index in [1.165, 1.54) is 0 Å². The Morgan fingerprint density at radius 3 is 1.09 bits per heavy atom. The molecule has 0 aliphatic heterocycles. The second-order valence-electron chi connectivity index (χ2n) is 5.47. The Labute approximate surface area is 131 Å². The topological polar surface area (TPSA) is 23.9 Å². The molecule has 0 aromatic heterocycles. The Balaban J connectivity index is 2.37. The predicted molar refractivity (Wildman–Crippen MR) is 92.6 cm³/mol. The lowest BCUT2D eigenvalue weighted by atomic mass is 9.66. The third-order valence-corrected chi connectivity index (χ3v) is 4.18. The number of hydrogen-bond acceptors (Lipinski definition) is 1. The molecule has 0 spiro atoms. The molecule has 3 aromatic carbocycles. The molecule has 0 unspecified atom stereocenters. The summed E-state index contributed by atoms with van der Waals surface area (Å²) < 4.78 is 0. The highest BCUT2D eigenvalue weighted by Crippen LogP contribution is 2.40. The van der Waals surface area contributed by atoms with Crippen molar-refractivity contribution < 1.29 is 0 Å². The molecule has 0 heterocycles. The van der Waals surface area contributed by atoms with Crippen LogP contribution in [0.15, 0.2) is 91.0 Å². The molecule has 0 saturated carbocycles. The summed E-state index contributed by atoms with van der Waals surface area (Å²) in [5.74, 6) is 0. The van der Waals surface area contributed by atoms with Crippen LogP contribution < -0.4 is 0 Å². The van der Waals surface area contributed by atoms with E-state index in [1.54, 1.807) is 0 Å². The Kier molecular flexibility index (Phi) is 3.88. The molecule has 1 N–H and O–H groups in total. The van der Waals surface area contributed by atoms with Crippen LogP contribution in [0.5, 0.6) is 0 Å². The first-order valence-corrected chi connectivity index (χ1v) is 7.48. The van der Waals surface area contributed by atoms with Crippen molar-refractivity contribution in [3.05, 3.63) is 108 Å². The van der Waals surface area contributed by atoms with Gasteiger partial charge in [-0.05, 0) is 23.6 Å². The average molecular weight is 285 g/mol. The van der Waals surface area contributed by atoms with E-state index in [4.69, 9.17) is 5.41 Å². The summed E-state index contributed by atoms with van der Waals surface area (Å²) in [5.41, 5.74) is 3.46. The lowest BCUT2D eigenvalue weighted by molar-refractivity contribution is 0.816. The quantitative estimate of drug-likeness (QED) is 0.512. The van der Waals surface area contributed by atoms with Crippen molar-refractivity contribution in [1.82, 2.24) is 0 Å². The van der Waals surface area contributed by atoms with Crippen LogP contribution in [0, 0.1) is 5.41 Å². The maximum atomic E-state index is 8.61. The molecule has 0 saturated heterocycles. The van der Waals surface area contributed by atoms with E-state index in [0.717, 1.165) is 16.7 Å². The SMILES string of the molecule is CC(=N)C(c1ccccc1)(c1ccccc1)c1ccccc1. The predicted octanol–water partition coefficient (Wildman–Crippen LogP) is 5.06. The second-order valence-corrected chi connectivity index (χ2v) is 5.47. The summed E-state index contributed by atoms with van der Waals surface area (Å²) in [6.07, 6.45) is 0. The van der Waals surface area contributed by atoms with E-state index >= 15 is 0 Å². The van der Waals surface area contributed by atoms with Crippen LogP contribution in [0.25, 0.3) is 0 Å². The van der Waals surface area contributed by atoms with Crippen LogP contribution in [0.3, 0.4) is 0 Å². The van der Waals surface area contributed by atoms with E-state index in [-0.39, 0.29) is 0 Å². The van der Waals surface area contributed by atoms with Crippen molar-refractivity contribution in [3.8, 4) is 0 Å². The van der Waals surface area contributed by atoms with Crippen LogP contribution in [0.1, 0.15) is 23.6 Å². The molecule has 108 valence electrons. The summed E-state index contributed by atoms with van der Waals surface area (Å²) in [4.78, 5) is 0. The first-order chi connectivity index (χ1) is 10.8. The van der Waals surface area contributed by atoms with Gasteiger partial charge in [-0.1, -0.05) is 91.0 Å². The van der Waals surface area contributed by atoms with Gasteiger partial charge in [-0.3, -0.25) is 0 Å². The summed E-state index contributed by atoms with van der Waals surface area (Å²) in [5, 5.41) is 8.61. The molecule has 1 heteroatoms. The Hall–Kier alpha value is -2.67. The lowest BCUT2D eigenvalue weighted by Gasteiger charge is -2.35. The van der Waals surface area contributed by atoms with Crippen molar-refractivity contribution in [3.63, 3.8) is 0 Å². The zero-order valence-corrected chi connectivity index (χ0v) is 12.7. The number of rotatable bonds is 4. The van der Waals surface area contributed by atoms with Gasteiger partial charge in [-0.2, -0.15) is 0 Å². The van der Waals surface area contributed by atoms with Gasteiger partial charge < -0.3 is 5.41 Å². The number of nitrogens with one attached hydrogen (secondary N) is 1. The molecule has 0 radical (unpaired) electrons. The van der Waals surface area contributed by atoms with Crippen LogP contribution in [0.2, 0.25) is 0 Å². The number of hydrogen-bond donors (Lipinski definition) is 1. The van der Waals surface area contributed by atoms with Gasteiger partial charge in [0.15, 0.2) is 0 Å². The van der Waals surface area contributed by atoms with Crippen molar-refractivity contribution >= 4 is 5.71 Å². The molecule has 0 aliphatic carbocycles. The fraction of sp³-hybridized carbons (Fsp3) is 0.0952. The minimum Gasteiger partial charge on any atom is -0.308 e. The largest absolute Gasteiger partial charge is 0.308 e. The highest BCUT2D eigenvalue weighted by atomic mass is 14.5.